The van der Waals surface area contributed by atoms with Crippen molar-refractivity contribution in [1.29, 1.82) is 0 Å². The largest absolute Gasteiger partial charge is 1.00 e. The summed E-state index contributed by atoms with van der Waals surface area (Å²) in [6, 6.07) is 8.01. The molecule has 0 saturated carbocycles. The molecule has 0 fully saturated rings. The number of nitrogens with zero attached hydrogens (tertiary/aromatic N) is 3. The van der Waals surface area contributed by atoms with Gasteiger partial charge in [0.05, 0.1) is 11.6 Å². The molecule has 0 saturated heterocycles. The number of anilines is 2. The van der Waals surface area contributed by atoms with Crippen molar-refractivity contribution < 1.29 is 56.2 Å². The molecule has 30 heavy (non-hydrogen) atoms. The van der Waals surface area contributed by atoms with E-state index in [2.05, 4.69) is 30.9 Å². The van der Waals surface area contributed by atoms with Crippen LogP contribution in [0.3, 0.4) is 0 Å². The first-order valence-electron chi connectivity index (χ1n) is 9.78. The van der Waals surface area contributed by atoms with Crippen molar-refractivity contribution >= 4 is 37.7 Å². The first kappa shape index (κ1) is 27.2. The molecule has 7 heteroatoms. The standard InChI is InChI=1S/C23H31N4OP.K/c1-7-11-24-22(28)17(6)16(5)21(14(2)3)19-10-12-25-23(26-19)27-20-13-18(29)9-8-15(20)4;/h8-10,12-13H,7,11,29H2,1-6H3,(H2,24,25,26,27,28);/q;+1/p-1/b17-16+;. The number of allylic oxidation sites excluding steroid dienone is 3. The molecule has 1 amide bonds. The van der Waals surface area contributed by atoms with E-state index >= 15 is 0 Å². The number of carbonyl (C=O) groups excluding carboxylic acids is 1. The van der Waals surface area contributed by atoms with Crippen LogP contribution in [0.15, 0.2) is 47.2 Å². The van der Waals surface area contributed by atoms with E-state index in [4.69, 9.17) is 4.98 Å². The molecule has 2 aromatic rings. The van der Waals surface area contributed by atoms with E-state index < -0.39 is 0 Å². The van der Waals surface area contributed by atoms with Gasteiger partial charge in [0.2, 0.25) is 5.95 Å². The Kier molecular flexibility index (Phi) is 11.6. The monoisotopic (exact) mass is 448 g/mol. The molecule has 0 aliphatic heterocycles. The van der Waals surface area contributed by atoms with Crippen molar-refractivity contribution in [2.45, 2.75) is 48.0 Å². The minimum absolute atomic E-state index is 0. The second kappa shape index (κ2) is 12.8. The maximum Gasteiger partial charge on any atom is 1.00 e. The fraction of sp³-hybridized carbons (Fsp3) is 0.348. The fourth-order valence-corrected chi connectivity index (χ4v) is 3.22. The number of hydrogen-bond acceptors (Lipinski definition) is 4. The van der Waals surface area contributed by atoms with Gasteiger partial charge in [0, 0.05) is 17.5 Å². The summed E-state index contributed by atoms with van der Waals surface area (Å²) >= 11 is 0. The van der Waals surface area contributed by atoms with Crippen LogP contribution >= 0.6 is 9.24 Å². The zero-order valence-corrected chi connectivity index (χ0v) is 23.4. The maximum absolute atomic E-state index is 12.4. The molecule has 0 bridgehead atoms. The number of hydrogen-bond donors (Lipinski definition) is 1. The zero-order chi connectivity index (χ0) is 21.6. The molecule has 0 spiro atoms. The van der Waals surface area contributed by atoms with Gasteiger partial charge < -0.3 is 15.4 Å². The van der Waals surface area contributed by atoms with Gasteiger partial charge in [0.15, 0.2) is 0 Å². The molecule has 1 N–H and O–H groups in total. The van der Waals surface area contributed by atoms with Crippen LogP contribution < -0.4 is 62.0 Å². The number of amides is 1. The van der Waals surface area contributed by atoms with Crippen LogP contribution in [0.4, 0.5) is 11.6 Å². The summed E-state index contributed by atoms with van der Waals surface area (Å²) in [7, 11) is 2.70. The molecular weight excluding hydrogens is 418 g/mol. The molecule has 1 heterocycles. The summed E-state index contributed by atoms with van der Waals surface area (Å²) in [6.45, 7) is 12.4. The molecule has 1 aromatic heterocycles. The SMILES string of the molecule is CCC[N-]C(=O)/C(C)=C(\C)C(=C(C)C)c1ccnc(Nc2cc(P)ccc2C)n1.[K+]. The van der Waals surface area contributed by atoms with Crippen molar-refractivity contribution in [2.75, 3.05) is 11.9 Å². The average Bonchev–Trinajstić information content (AvgIpc) is 2.68. The van der Waals surface area contributed by atoms with Crippen molar-refractivity contribution in [3.8, 4) is 0 Å². The van der Waals surface area contributed by atoms with Crippen LogP contribution in [-0.4, -0.2) is 22.4 Å². The molecule has 0 aliphatic carbocycles. The predicted octanol–water partition coefficient (Wildman–Crippen LogP) is 2.47. The van der Waals surface area contributed by atoms with Gasteiger partial charge in [-0.2, -0.15) is 0 Å². The Morgan fingerprint density at radius 1 is 1.13 bits per heavy atom. The van der Waals surface area contributed by atoms with E-state index in [1.165, 1.54) is 0 Å². The molecule has 0 radical (unpaired) electrons. The van der Waals surface area contributed by atoms with Gasteiger partial charge in [-0.1, -0.05) is 31.1 Å². The van der Waals surface area contributed by atoms with Gasteiger partial charge >= 0.3 is 51.4 Å². The van der Waals surface area contributed by atoms with Crippen LogP contribution in [0.2, 0.25) is 0 Å². The van der Waals surface area contributed by atoms with Gasteiger partial charge in [0.25, 0.3) is 0 Å². The van der Waals surface area contributed by atoms with E-state index in [9.17, 15) is 4.79 Å². The minimum atomic E-state index is -0.164. The molecule has 5 nitrogen and oxygen atoms in total. The predicted molar refractivity (Wildman–Crippen MR) is 126 cm³/mol. The normalized spacial score (nSPS) is 11.2. The third kappa shape index (κ3) is 7.36. The van der Waals surface area contributed by atoms with Crippen molar-refractivity contribution in [3.63, 3.8) is 0 Å². The second-order valence-electron chi connectivity index (χ2n) is 7.28. The van der Waals surface area contributed by atoms with E-state index in [1.807, 2.05) is 59.7 Å². The molecule has 154 valence electrons. The summed E-state index contributed by atoms with van der Waals surface area (Å²) < 4.78 is 0. The fourth-order valence-electron chi connectivity index (χ4n) is 2.96. The summed E-state index contributed by atoms with van der Waals surface area (Å²) in [5, 5.41) is 8.52. The minimum Gasteiger partial charge on any atom is -0.649 e. The quantitative estimate of drug-likeness (QED) is 0.306. The molecule has 2 rings (SSSR count). The number of rotatable bonds is 7. The number of carbonyl (C=O) groups is 1. The second-order valence-corrected chi connectivity index (χ2v) is 7.94. The Morgan fingerprint density at radius 3 is 2.47 bits per heavy atom. The van der Waals surface area contributed by atoms with Crippen molar-refractivity contribution in [1.82, 2.24) is 9.97 Å². The van der Waals surface area contributed by atoms with E-state index in [1.54, 1.807) is 6.20 Å². The number of benzene rings is 1. The van der Waals surface area contributed by atoms with Crippen molar-refractivity contribution in [3.05, 3.63) is 63.8 Å². The summed E-state index contributed by atoms with van der Waals surface area (Å²) in [4.78, 5) is 21.5. The molecule has 1 unspecified atom stereocenters. The summed E-state index contributed by atoms with van der Waals surface area (Å²) in [5.41, 5.74) is 6.43. The molecule has 1 atom stereocenters. The summed E-state index contributed by atoms with van der Waals surface area (Å²) in [6.07, 6.45) is 2.59. The first-order chi connectivity index (χ1) is 13.7. The Morgan fingerprint density at radius 2 is 1.83 bits per heavy atom. The molecular formula is C23H30KN4OP. The topological polar surface area (TPSA) is 69.0 Å². The first-order valence-corrected chi connectivity index (χ1v) is 10.4. The van der Waals surface area contributed by atoms with Crippen LogP contribution in [0.5, 0.6) is 0 Å². The van der Waals surface area contributed by atoms with Crippen LogP contribution in [-0.2, 0) is 4.79 Å². The molecule has 0 aliphatic rings. The smallest absolute Gasteiger partial charge is 0.649 e. The van der Waals surface area contributed by atoms with Gasteiger partial charge in [-0.3, -0.25) is 0 Å². The molecule has 1 aromatic carbocycles. The number of nitrogens with one attached hydrogen (secondary N) is 1. The Labute approximate surface area is 225 Å². The van der Waals surface area contributed by atoms with Crippen LogP contribution in [0, 0.1) is 6.92 Å². The zero-order valence-electron chi connectivity index (χ0n) is 19.1. The van der Waals surface area contributed by atoms with Gasteiger partial charge in [0.1, 0.15) is 0 Å². The van der Waals surface area contributed by atoms with E-state index in [-0.39, 0.29) is 57.3 Å². The van der Waals surface area contributed by atoms with Gasteiger partial charge in [-0.15, -0.1) is 15.8 Å². The average molecular weight is 449 g/mol. The third-order valence-electron chi connectivity index (χ3n) is 4.66. The Hall–Kier alpha value is -0.884. The number of aromatic nitrogens is 2. The van der Waals surface area contributed by atoms with Gasteiger partial charge in [-0.25, -0.2) is 9.97 Å². The van der Waals surface area contributed by atoms with E-state index in [0.717, 1.165) is 45.4 Å². The van der Waals surface area contributed by atoms with E-state index in [0.29, 0.717) is 18.1 Å². The van der Waals surface area contributed by atoms with Crippen LogP contribution in [0.1, 0.15) is 52.3 Å². The third-order valence-corrected chi connectivity index (χ3v) is 5.02. The number of aryl methyl sites for hydroxylation is 1. The summed E-state index contributed by atoms with van der Waals surface area (Å²) in [5.74, 6) is 0.357. The van der Waals surface area contributed by atoms with Crippen LogP contribution in [0.25, 0.3) is 10.9 Å². The Balaban J connectivity index is 0.00000450. The van der Waals surface area contributed by atoms with Crippen molar-refractivity contribution in [2.24, 2.45) is 0 Å². The Bertz CT molecular complexity index is 965. The van der Waals surface area contributed by atoms with Gasteiger partial charge in [-0.05, 0) is 68.8 Å². The maximum atomic E-state index is 12.4.